The van der Waals surface area contributed by atoms with Crippen LogP contribution < -0.4 is 5.32 Å². The van der Waals surface area contributed by atoms with E-state index in [-0.39, 0.29) is 11.3 Å². The van der Waals surface area contributed by atoms with Gasteiger partial charge in [-0.15, -0.1) is 0 Å². The zero-order valence-electron chi connectivity index (χ0n) is 16.7. The Kier molecular flexibility index (Phi) is 6.74. The Bertz CT molecular complexity index is 1220. The smallest absolute Gasteiger partial charge is 0.283 e. The maximum atomic E-state index is 12.6. The number of anilines is 1. The zero-order valence-corrected chi connectivity index (χ0v) is 17.5. The third kappa shape index (κ3) is 5.52. The van der Waals surface area contributed by atoms with Crippen molar-refractivity contribution in [1.29, 1.82) is 5.26 Å². The number of nitro groups is 1. The predicted molar refractivity (Wildman–Crippen MR) is 117 cm³/mol. The highest BCUT2D eigenvalue weighted by atomic mass is 32.2. The van der Waals surface area contributed by atoms with Gasteiger partial charge in [0.25, 0.3) is 11.6 Å². The highest BCUT2D eigenvalue weighted by Gasteiger charge is 2.18. The lowest BCUT2D eigenvalue weighted by molar-refractivity contribution is -0.387. The van der Waals surface area contributed by atoms with Crippen molar-refractivity contribution in [3.8, 4) is 6.07 Å². The number of carbonyl (C=O) groups excluding carboxylic acids is 1. The molecule has 9 heteroatoms. The fraction of sp³-hybridized carbons (Fsp3) is 0.0909. The molecule has 0 aliphatic heterocycles. The van der Waals surface area contributed by atoms with E-state index in [0.717, 1.165) is 22.9 Å². The molecule has 0 fully saturated rings. The molecule has 3 aromatic rings. The van der Waals surface area contributed by atoms with Crippen LogP contribution in [0, 0.1) is 35.3 Å². The van der Waals surface area contributed by atoms with Crippen LogP contribution in [-0.2, 0) is 4.79 Å². The number of amides is 1. The minimum absolute atomic E-state index is 0.165. The van der Waals surface area contributed by atoms with Crippen LogP contribution in [0.25, 0.3) is 6.08 Å². The van der Waals surface area contributed by atoms with Crippen LogP contribution in [0.2, 0.25) is 0 Å². The highest BCUT2D eigenvalue weighted by Crippen LogP contribution is 2.34. The third-order valence-corrected chi connectivity index (χ3v) is 5.20. The number of aromatic nitrogens is 2. The van der Waals surface area contributed by atoms with Crippen LogP contribution >= 0.6 is 11.8 Å². The molecule has 0 unspecified atom stereocenters. The number of hydrogen-bond acceptors (Lipinski definition) is 7. The van der Waals surface area contributed by atoms with E-state index in [1.54, 1.807) is 30.6 Å². The molecular weight excluding hydrogens is 414 g/mol. The van der Waals surface area contributed by atoms with Crippen molar-refractivity contribution in [2.75, 3.05) is 5.32 Å². The number of hydrogen-bond donors (Lipinski definition) is 1. The largest absolute Gasteiger partial charge is 0.321 e. The Balaban J connectivity index is 1.88. The van der Waals surface area contributed by atoms with E-state index in [4.69, 9.17) is 0 Å². The van der Waals surface area contributed by atoms with Crippen LogP contribution in [0.15, 0.2) is 70.5 Å². The number of aryl methyl sites for hydroxylation is 2. The van der Waals surface area contributed by atoms with Crippen LogP contribution in [0.5, 0.6) is 0 Å². The lowest BCUT2D eigenvalue weighted by Crippen LogP contribution is -2.14. The first-order valence-corrected chi connectivity index (χ1v) is 9.92. The second-order valence-electron chi connectivity index (χ2n) is 6.56. The standard InChI is InChI=1S/C22H17N5O3S/c1-14-4-5-15(2)18(10-14)26-21(28)17(13-23)11-16-6-7-20(19(12-16)27(29)30)31-22-24-8-3-9-25-22/h3-12H,1-2H3,(H,26,28)/b17-11+. The molecule has 1 amide bonds. The lowest BCUT2D eigenvalue weighted by Gasteiger charge is -2.09. The Morgan fingerprint density at radius 2 is 1.94 bits per heavy atom. The van der Waals surface area contributed by atoms with Gasteiger partial charge in [-0.05, 0) is 66.6 Å². The number of nitrogens with one attached hydrogen (secondary N) is 1. The lowest BCUT2D eigenvalue weighted by atomic mass is 10.1. The molecule has 2 aromatic carbocycles. The molecule has 31 heavy (non-hydrogen) atoms. The molecular formula is C22H17N5O3S. The predicted octanol–water partition coefficient (Wildman–Crippen LogP) is 4.70. The Morgan fingerprint density at radius 1 is 1.19 bits per heavy atom. The van der Waals surface area contributed by atoms with Crippen molar-refractivity contribution < 1.29 is 9.72 Å². The monoisotopic (exact) mass is 431 g/mol. The first kappa shape index (κ1) is 21.7. The molecule has 0 saturated carbocycles. The third-order valence-electron chi connectivity index (χ3n) is 4.24. The van der Waals surface area contributed by atoms with Gasteiger partial charge in [0, 0.05) is 24.1 Å². The molecule has 0 atom stereocenters. The number of benzene rings is 2. The Labute approximate surface area is 182 Å². The SMILES string of the molecule is Cc1ccc(C)c(NC(=O)/C(C#N)=C/c2ccc(Sc3ncccn3)c([N+](=O)[O-])c2)c1. The van der Waals surface area contributed by atoms with Gasteiger partial charge in [0.15, 0.2) is 5.16 Å². The van der Waals surface area contributed by atoms with Gasteiger partial charge in [-0.25, -0.2) is 9.97 Å². The van der Waals surface area contributed by atoms with Gasteiger partial charge in [-0.1, -0.05) is 18.2 Å². The molecule has 0 aliphatic rings. The van der Waals surface area contributed by atoms with E-state index in [9.17, 15) is 20.2 Å². The molecule has 0 saturated heterocycles. The Morgan fingerprint density at radius 3 is 2.61 bits per heavy atom. The van der Waals surface area contributed by atoms with Crippen molar-refractivity contribution in [1.82, 2.24) is 9.97 Å². The maximum Gasteiger partial charge on any atom is 0.283 e. The molecule has 0 bridgehead atoms. The average molecular weight is 431 g/mol. The Hall–Kier alpha value is -4.03. The molecule has 0 aliphatic carbocycles. The summed E-state index contributed by atoms with van der Waals surface area (Å²) in [5, 5.41) is 24.1. The van der Waals surface area contributed by atoms with Crippen molar-refractivity contribution in [2.24, 2.45) is 0 Å². The molecule has 1 heterocycles. The maximum absolute atomic E-state index is 12.6. The summed E-state index contributed by atoms with van der Waals surface area (Å²) in [5.41, 5.74) is 2.45. The summed E-state index contributed by atoms with van der Waals surface area (Å²) < 4.78 is 0. The highest BCUT2D eigenvalue weighted by molar-refractivity contribution is 7.99. The van der Waals surface area contributed by atoms with Crippen molar-refractivity contribution in [3.05, 3.63) is 87.2 Å². The van der Waals surface area contributed by atoms with Gasteiger partial charge in [0.05, 0.1) is 9.82 Å². The van der Waals surface area contributed by atoms with E-state index >= 15 is 0 Å². The molecule has 0 spiro atoms. The number of nitrogens with zero attached hydrogens (tertiary/aromatic N) is 4. The molecule has 3 rings (SSSR count). The minimum atomic E-state index is -0.588. The second-order valence-corrected chi connectivity index (χ2v) is 7.57. The molecule has 154 valence electrons. The quantitative estimate of drug-likeness (QED) is 0.197. The van der Waals surface area contributed by atoms with Gasteiger partial charge in [-0.2, -0.15) is 5.26 Å². The fourth-order valence-corrected chi connectivity index (χ4v) is 3.46. The van der Waals surface area contributed by atoms with Crippen LogP contribution in [0.1, 0.15) is 16.7 Å². The van der Waals surface area contributed by atoms with Crippen LogP contribution in [0.3, 0.4) is 0 Å². The van der Waals surface area contributed by atoms with Crippen molar-refractivity contribution in [2.45, 2.75) is 23.9 Å². The molecule has 1 aromatic heterocycles. The second kappa shape index (κ2) is 9.65. The number of nitriles is 1. The minimum Gasteiger partial charge on any atom is -0.321 e. The first-order chi connectivity index (χ1) is 14.9. The number of carbonyl (C=O) groups is 1. The van der Waals surface area contributed by atoms with Gasteiger partial charge < -0.3 is 5.32 Å². The summed E-state index contributed by atoms with van der Waals surface area (Å²) in [7, 11) is 0. The van der Waals surface area contributed by atoms with Crippen LogP contribution in [0.4, 0.5) is 11.4 Å². The van der Waals surface area contributed by atoms with Gasteiger partial charge >= 0.3 is 0 Å². The van der Waals surface area contributed by atoms with E-state index in [1.165, 1.54) is 12.1 Å². The van der Waals surface area contributed by atoms with E-state index in [0.29, 0.717) is 21.3 Å². The fourth-order valence-electron chi connectivity index (χ4n) is 2.67. The van der Waals surface area contributed by atoms with Crippen molar-refractivity contribution >= 4 is 35.1 Å². The van der Waals surface area contributed by atoms with Crippen LogP contribution in [-0.4, -0.2) is 20.8 Å². The summed E-state index contributed by atoms with van der Waals surface area (Å²) in [5.74, 6) is -0.588. The summed E-state index contributed by atoms with van der Waals surface area (Å²) in [6.45, 7) is 3.75. The van der Waals surface area contributed by atoms with E-state index in [1.807, 2.05) is 38.1 Å². The first-order valence-electron chi connectivity index (χ1n) is 9.11. The van der Waals surface area contributed by atoms with E-state index < -0.39 is 10.8 Å². The summed E-state index contributed by atoms with van der Waals surface area (Å²) in [6.07, 6.45) is 4.42. The number of nitro benzene ring substituents is 1. The summed E-state index contributed by atoms with van der Waals surface area (Å²) in [6, 6.07) is 13.6. The molecule has 0 radical (unpaired) electrons. The molecule has 8 nitrogen and oxygen atoms in total. The van der Waals surface area contributed by atoms with E-state index in [2.05, 4.69) is 15.3 Å². The normalized spacial score (nSPS) is 10.9. The van der Waals surface area contributed by atoms with Gasteiger partial charge in [0.2, 0.25) is 0 Å². The zero-order chi connectivity index (χ0) is 22.4. The topological polar surface area (TPSA) is 122 Å². The van der Waals surface area contributed by atoms with Crippen molar-refractivity contribution in [3.63, 3.8) is 0 Å². The average Bonchev–Trinajstić information content (AvgIpc) is 2.76. The summed E-state index contributed by atoms with van der Waals surface area (Å²) in [4.78, 5) is 32.1. The number of rotatable bonds is 6. The van der Waals surface area contributed by atoms with Gasteiger partial charge in [0.1, 0.15) is 11.6 Å². The van der Waals surface area contributed by atoms with Gasteiger partial charge in [-0.3, -0.25) is 14.9 Å². The molecule has 1 N–H and O–H groups in total. The summed E-state index contributed by atoms with van der Waals surface area (Å²) >= 11 is 1.06.